The number of nitrogens with one attached hydrogen (secondary N) is 3. The molecule has 1 saturated heterocycles. The van der Waals surface area contributed by atoms with Gasteiger partial charge in [0.15, 0.2) is 11.5 Å². The van der Waals surface area contributed by atoms with Crippen molar-refractivity contribution < 1.29 is 28.9 Å². The Morgan fingerprint density at radius 1 is 1.10 bits per heavy atom. The highest BCUT2D eigenvalue weighted by Gasteiger charge is 2.33. The second kappa shape index (κ2) is 8.87. The molecule has 0 bridgehead atoms. The van der Waals surface area contributed by atoms with Gasteiger partial charge in [-0.2, -0.15) is 0 Å². The van der Waals surface area contributed by atoms with Gasteiger partial charge in [0.2, 0.25) is 12.7 Å². The summed E-state index contributed by atoms with van der Waals surface area (Å²) >= 11 is 0. The lowest BCUT2D eigenvalue weighted by Crippen LogP contribution is -2.52. The van der Waals surface area contributed by atoms with E-state index in [-0.39, 0.29) is 43.4 Å². The molecule has 0 radical (unpaired) electrons. The first kappa shape index (κ1) is 19.8. The molecule has 2 aliphatic heterocycles. The van der Waals surface area contributed by atoms with E-state index in [1.165, 1.54) is 0 Å². The Hall–Kier alpha value is -2.52. The average Bonchev–Trinajstić information content (AvgIpc) is 3.47. The molecular weight excluding hydrogens is 378 g/mol. The van der Waals surface area contributed by atoms with E-state index < -0.39 is 6.10 Å². The molecule has 3 aliphatic rings. The minimum Gasteiger partial charge on any atom is -0.454 e. The van der Waals surface area contributed by atoms with E-state index in [4.69, 9.17) is 14.2 Å². The maximum atomic E-state index is 12.4. The fourth-order valence-corrected chi connectivity index (χ4v) is 3.67. The number of rotatable bonds is 7. The summed E-state index contributed by atoms with van der Waals surface area (Å²) in [5, 5.41) is 18.3. The van der Waals surface area contributed by atoms with Crippen molar-refractivity contribution in [3.8, 4) is 11.5 Å². The van der Waals surface area contributed by atoms with E-state index in [9.17, 15) is 14.7 Å². The third kappa shape index (κ3) is 5.10. The van der Waals surface area contributed by atoms with Gasteiger partial charge in [-0.25, -0.2) is 4.79 Å². The van der Waals surface area contributed by atoms with Gasteiger partial charge >= 0.3 is 6.03 Å². The van der Waals surface area contributed by atoms with Crippen molar-refractivity contribution in [2.24, 2.45) is 5.92 Å². The van der Waals surface area contributed by atoms with E-state index in [1.54, 1.807) is 18.2 Å². The molecule has 2 fully saturated rings. The van der Waals surface area contributed by atoms with Crippen LogP contribution in [0.4, 0.5) is 10.5 Å². The van der Waals surface area contributed by atoms with Gasteiger partial charge in [0.05, 0.1) is 18.8 Å². The second-order valence-electron chi connectivity index (χ2n) is 7.68. The van der Waals surface area contributed by atoms with Crippen LogP contribution in [-0.2, 0) is 9.53 Å². The molecule has 29 heavy (non-hydrogen) atoms. The van der Waals surface area contributed by atoms with Crippen LogP contribution in [0.15, 0.2) is 18.2 Å². The zero-order valence-electron chi connectivity index (χ0n) is 16.2. The van der Waals surface area contributed by atoms with Crippen molar-refractivity contribution in [1.29, 1.82) is 0 Å². The molecule has 9 heteroatoms. The predicted octanol–water partition coefficient (Wildman–Crippen LogP) is 1.36. The number of carbonyl (C=O) groups excluding carboxylic acids is 2. The topological polar surface area (TPSA) is 118 Å². The van der Waals surface area contributed by atoms with Gasteiger partial charge in [-0.15, -0.1) is 0 Å². The first-order chi connectivity index (χ1) is 14.1. The lowest BCUT2D eigenvalue weighted by atomic mass is 9.97. The Labute approximate surface area is 169 Å². The molecule has 3 atom stereocenters. The quantitative estimate of drug-likeness (QED) is 0.544. The van der Waals surface area contributed by atoms with Crippen LogP contribution in [0.25, 0.3) is 0 Å². The van der Waals surface area contributed by atoms with Gasteiger partial charge in [-0.3, -0.25) is 4.79 Å². The zero-order valence-corrected chi connectivity index (χ0v) is 16.2. The molecule has 2 heterocycles. The molecule has 158 valence electrons. The van der Waals surface area contributed by atoms with Crippen LogP contribution in [0.3, 0.4) is 0 Å². The first-order valence-electron chi connectivity index (χ1n) is 10.1. The van der Waals surface area contributed by atoms with Crippen LogP contribution in [0.2, 0.25) is 0 Å². The lowest BCUT2D eigenvalue weighted by Gasteiger charge is -2.36. The number of aliphatic hydroxyl groups excluding tert-OH is 1. The summed E-state index contributed by atoms with van der Waals surface area (Å²) in [4.78, 5) is 24.1. The average molecular weight is 405 g/mol. The largest absolute Gasteiger partial charge is 0.454 e. The molecule has 4 rings (SSSR count). The standard InChI is InChI=1S/C20H27N3O6/c24-10-18-15(5-4-14(29-18)7-8-21-19(25)12-1-2-12)23-20(26)22-13-3-6-16-17(9-13)28-11-27-16/h3,6,9,12,14-15,18,24H,1-2,4-5,7-8,10-11H2,(H,21,25)(H2,22,23,26)/t14-,15+,18+/m0/s1. The number of fused-ring (bicyclic) bond motifs is 1. The van der Waals surface area contributed by atoms with Gasteiger partial charge in [0.1, 0.15) is 6.10 Å². The molecule has 4 N–H and O–H groups in total. The summed E-state index contributed by atoms with van der Waals surface area (Å²) in [7, 11) is 0. The molecule has 1 saturated carbocycles. The SMILES string of the molecule is O=C(Nc1ccc2c(c1)OCO2)N[C@@H]1CC[C@@H](CCNC(=O)C2CC2)O[C@@H]1CO. The number of ether oxygens (including phenoxy) is 3. The summed E-state index contributed by atoms with van der Waals surface area (Å²) in [6, 6.07) is 4.52. The van der Waals surface area contributed by atoms with Crippen molar-refractivity contribution in [3.05, 3.63) is 18.2 Å². The molecule has 1 aromatic carbocycles. The maximum Gasteiger partial charge on any atom is 0.319 e. The molecule has 0 spiro atoms. The molecular formula is C20H27N3O6. The number of anilines is 1. The highest BCUT2D eigenvalue weighted by atomic mass is 16.7. The number of aliphatic hydroxyl groups is 1. The molecule has 1 aromatic rings. The number of hydrogen-bond acceptors (Lipinski definition) is 6. The van der Waals surface area contributed by atoms with E-state index >= 15 is 0 Å². The second-order valence-corrected chi connectivity index (χ2v) is 7.68. The van der Waals surface area contributed by atoms with Crippen LogP contribution in [0, 0.1) is 5.92 Å². The van der Waals surface area contributed by atoms with Crippen molar-refractivity contribution in [2.45, 2.75) is 50.4 Å². The Balaban J connectivity index is 1.22. The lowest BCUT2D eigenvalue weighted by molar-refractivity contribution is -0.122. The molecule has 0 unspecified atom stereocenters. The Morgan fingerprint density at radius 3 is 2.72 bits per heavy atom. The van der Waals surface area contributed by atoms with Crippen LogP contribution >= 0.6 is 0 Å². The van der Waals surface area contributed by atoms with Gasteiger partial charge < -0.3 is 35.3 Å². The zero-order chi connectivity index (χ0) is 20.2. The minimum atomic E-state index is -0.476. The molecule has 0 aromatic heterocycles. The van der Waals surface area contributed by atoms with Gasteiger partial charge in [-0.1, -0.05) is 0 Å². The first-order valence-corrected chi connectivity index (χ1v) is 10.1. The highest BCUT2D eigenvalue weighted by molar-refractivity contribution is 5.90. The molecule has 9 nitrogen and oxygen atoms in total. The van der Waals surface area contributed by atoms with Crippen molar-refractivity contribution in [2.75, 3.05) is 25.3 Å². The Morgan fingerprint density at radius 2 is 1.93 bits per heavy atom. The smallest absolute Gasteiger partial charge is 0.319 e. The minimum absolute atomic E-state index is 0.0402. The van der Waals surface area contributed by atoms with Crippen molar-refractivity contribution in [1.82, 2.24) is 10.6 Å². The Kier molecular flexibility index (Phi) is 6.05. The van der Waals surface area contributed by atoms with E-state index in [1.807, 2.05) is 0 Å². The monoisotopic (exact) mass is 405 g/mol. The number of urea groups is 1. The van der Waals surface area contributed by atoms with Crippen LogP contribution in [0.5, 0.6) is 11.5 Å². The van der Waals surface area contributed by atoms with Crippen LogP contribution < -0.4 is 25.4 Å². The normalized spacial score (nSPS) is 25.3. The van der Waals surface area contributed by atoms with Crippen LogP contribution in [0.1, 0.15) is 32.1 Å². The molecule has 3 amide bonds. The Bertz CT molecular complexity index is 754. The van der Waals surface area contributed by atoms with Gasteiger partial charge in [-0.05, 0) is 44.2 Å². The van der Waals surface area contributed by atoms with Gasteiger partial charge in [0.25, 0.3) is 0 Å². The molecule has 1 aliphatic carbocycles. The summed E-state index contributed by atoms with van der Waals surface area (Å²) in [6.07, 6.45) is 3.61. The van der Waals surface area contributed by atoms with E-state index in [0.717, 1.165) is 19.3 Å². The van der Waals surface area contributed by atoms with Crippen LogP contribution in [-0.4, -0.2) is 55.2 Å². The predicted molar refractivity (Wildman–Crippen MR) is 104 cm³/mol. The van der Waals surface area contributed by atoms with E-state index in [2.05, 4.69) is 16.0 Å². The number of hydrogen-bond donors (Lipinski definition) is 4. The van der Waals surface area contributed by atoms with Crippen molar-refractivity contribution >= 4 is 17.6 Å². The maximum absolute atomic E-state index is 12.4. The summed E-state index contributed by atoms with van der Waals surface area (Å²) in [5.41, 5.74) is 0.591. The summed E-state index contributed by atoms with van der Waals surface area (Å²) in [6.45, 7) is 0.564. The fraction of sp³-hybridized carbons (Fsp3) is 0.600. The highest BCUT2D eigenvalue weighted by Crippen LogP contribution is 2.34. The summed E-state index contributed by atoms with van der Waals surface area (Å²) < 4.78 is 16.5. The fourth-order valence-electron chi connectivity index (χ4n) is 3.67. The third-order valence-corrected chi connectivity index (χ3v) is 5.46. The number of amides is 3. The van der Waals surface area contributed by atoms with E-state index in [0.29, 0.717) is 36.6 Å². The van der Waals surface area contributed by atoms with Gasteiger partial charge in [0, 0.05) is 24.2 Å². The number of carbonyl (C=O) groups is 2. The van der Waals surface area contributed by atoms with Crippen molar-refractivity contribution in [3.63, 3.8) is 0 Å². The third-order valence-electron chi connectivity index (χ3n) is 5.46. The number of benzene rings is 1. The summed E-state index contributed by atoms with van der Waals surface area (Å²) in [5.74, 6) is 1.56.